The highest BCUT2D eigenvalue weighted by Gasteiger charge is 2.33. The summed E-state index contributed by atoms with van der Waals surface area (Å²) >= 11 is 0. The highest BCUT2D eigenvalue weighted by atomic mass is 19.3. The lowest BCUT2D eigenvalue weighted by molar-refractivity contribution is -0.0121. The summed E-state index contributed by atoms with van der Waals surface area (Å²) in [5, 5.41) is 5.85. The molecule has 8 heteroatoms. The van der Waals surface area contributed by atoms with E-state index in [2.05, 4.69) is 15.6 Å². The zero-order valence-electron chi connectivity index (χ0n) is 15.0. The first kappa shape index (κ1) is 18.9. The lowest BCUT2D eigenvalue weighted by Gasteiger charge is -2.20. The van der Waals surface area contributed by atoms with Crippen molar-refractivity contribution in [2.24, 2.45) is 0 Å². The molecule has 144 valence electrons. The molecule has 2 amide bonds. The van der Waals surface area contributed by atoms with E-state index >= 15 is 0 Å². The summed E-state index contributed by atoms with van der Waals surface area (Å²) in [7, 11) is 1.60. The molecule has 1 aromatic carbocycles. The molecule has 0 radical (unpaired) electrons. The van der Waals surface area contributed by atoms with Crippen molar-refractivity contribution in [2.45, 2.75) is 25.2 Å². The van der Waals surface area contributed by atoms with Gasteiger partial charge in [-0.1, -0.05) is 6.07 Å². The summed E-state index contributed by atoms with van der Waals surface area (Å²) in [6.45, 7) is 0.352. The number of hydrogen-bond donors (Lipinski definition) is 2. The van der Waals surface area contributed by atoms with Crippen molar-refractivity contribution in [3.05, 3.63) is 42.6 Å². The zero-order chi connectivity index (χ0) is 19.3. The van der Waals surface area contributed by atoms with Gasteiger partial charge in [-0.15, -0.1) is 0 Å². The van der Waals surface area contributed by atoms with Crippen LogP contribution < -0.4 is 15.4 Å². The van der Waals surface area contributed by atoms with E-state index in [1.165, 1.54) is 4.90 Å². The number of pyridine rings is 1. The first-order chi connectivity index (χ1) is 12.9. The van der Waals surface area contributed by atoms with Crippen molar-refractivity contribution in [2.75, 3.05) is 30.8 Å². The molecule has 0 atom stereocenters. The van der Waals surface area contributed by atoms with Crippen LogP contribution in [0.5, 0.6) is 5.75 Å². The Morgan fingerprint density at radius 1 is 1.19 bits per heavy atom. The highest BCUT2D eigenvalue weighted by Crippen LogP contribution is 2.28. The van der Waals surface area contributed by atoms with Gasteiger partial charge < -0.3 is 15.0 Å². The first-order valence-electron chi connectivity index (χ1n) is 8.76. The van der Waals surface area contributed by atoms with E-state index in [-0.39, 0.29) is 25.8 Å². The highest BCUT2D eigenvalue weighted by molar-refractivity contribution is 5.88. The van der Waals surface area contributed by atoms with E-state index < -0.39 is 12.0 Å². The van der Waals surface area contributed by atoms with Crippen molar-refractivity contribution in [3.63, 3.8) is 0 Å². The third kappa shape index (κ3) is 5.29. The molecule has 1 aliphatic heterocycles. The smallest absolute Gasteiger partial charge is 0.323 e. The largest absolute Gasteiger partial charge is 0.497 e. The molecule has 0 unspecified atom stereocenters. The van der Waals surface area contributed by atoms with Crippen LogP contribution in [0.25, 0.3) is 0 Å². The Labute approximate surface area is 156 Å². The lowest BCUT2D eigenvalue weighted by atomic mass is 10.1. The second-order valence-electron chi connectivity index (χ2n) is 6.42. The molecule has 1 saturated heterocycles. The van der Waals surface area contributed by atoms with Crippen LogP contribution in [0.4, 0.5) is 30.8 Å². The molecule has 1 fully saturated rings. The third-order valence-corrected chi connectivity index (χ3v) is 4.36. The Bertz CT molecular complexity index is 784. The van der Waals surface area contributed by atoms with Gasteiger partial charge in [0.1, 0.15) is 11.6 Å². The van der Waals surface area contributed by atoms with E-state index in [9.17, 15) is 13.6 Å². The predicted octanol–water partition coefficient (Wildman–Crippen LogP) is 4.49. The van der Waals surface area contributed by atoms with Gasteiger partial charge in [-0.25, -0.2) is 18.6 Å². The minimum atomic E-state index is -2.69. The van der Waals surface area contributed by atoms with Crippen LogP contribution in [0.2, 0.25) is 0 Å². The fraction of sp³-hybridized carbons (Fsp3) is 0.368. The van der Waals surface area contributed by atoms with Gasteiger partial charge in [-0.05, 0) is 30.7 Å². The molecular weight excluding hydrogens is 354 g/mol. The molecule has 2 heterocycles. The number of alkyl halides is 2. The topological polar surface area (TPSA) is 66.5 Å². The number of anilines is 3. The number of nitrogens with zero attached hydrogens (tertiary/aromatic N) is 2. The number of amides is 2. The maximum absolute atomic E-state index is 13.4. The molecule has 0 aliphatic carbocycles. The Morgan fingerprint density at radius 2 is 2.04 bits per heavy atom. The molecule has 0 bridgehead atoms. The first-order valence-corrected chi connectivity index (χ1v) is 8.76. The average molecular weight is 376 g/mol. The molecule has 1 aliphatic rings. The van der Waals surface area contributed by atoms with Gasteiger partial charge in [0.15, 0.2) is 0 Å². The van der Waals surface area contributed by atoms with Crippen LogP contribution in [-0.2, 0) is 0 Å². The number of nitrogens with one attached hydrogen (secondary N) is 2. The molecule has 3 rings (SSSR count). The number of carbonyl (C=O) groups excluding carboxylic acids is 1. The van der Waals surface area contributed by atoms with Crippen LogP contribution in [0.1, 0.15) is 19.3 Å². The number of aromatic nitrogens is 1. The lowest BCUT2D eigenvalue weighted by Crippen LogP contribution is -2.36. The molecule has 0 spiro atoms. The molecule has 27 heavy (non-hydrogen) atoms. The Balaban J connectivity index is 1.57. The predicted molar refractivity (Wildman–Crippen MR) is 99.9 cm³/mol. The second-order valence-corrected chi connectivity index (χ2v) is 6.42. The molecule has 1 aromatic heterocycles. The van der Waals surface area contributed by atoms with Gasteiger partial charge in [-0.3, -0.25) is 5.32 Å². The minimum Gasteiger partial charge on any atom is -0.497 e. The molecule has 0 saturated carbocycles. The number of methoxy groups -OCH3 is 1. The van der Waals surface area contributed by atoms with Crippen molar-refractivity contribution in [1.82, 2.24) is 9.88 Å². The maximum Gasteiger partial charge on any atom is 0.323 e. The Kier molecular flexibility index (Phi) is 5.73. The van der Waals surface area contributed by atoms with Crippen LogP contribution in [-0.4, -0.2) is 42.0 Å². The number of ether oxygens (including phenoxy) is 1. The summed E-state index contributed by atoms with van der Waals surface area (Å²) in [5.41, 5.74) is 1.59. The van der Waals surface area contributed by atoms with Crippen LogP contribution in [0.3, 0.4) is 0 Å². The summed E-state index contributed by atoms with van der Waals surface area (Å²) in [6, 6.07) is 10.5. The quantitative estimate of drug-likeness (QED) is 0.825. The number of carbonyl (C=O) groups is 1. The van der Waals surface area contributed by atoms with E-state index in [1.807, 2.05) is 24.3 Å². The third-order valence-electron chi connectivity index (χ3n) is 4.36. The summed E-state index contributed by atoms with van der Waals surface area (Å²) in [6.07, 6.45) is 1.39. The van der Waals surface area contributed by atoms with Gasteiger partial charge in [0.25, 0.3) is 0 Å². The van der Waals surface area contributed by atoms with Gasteiger partial charge in [0.05, 0.1) is 19.0 Å². The van der Waals surface area contributed by atoms with Crippen molar-refractivity contribution >= 4 is 23.2 Å². The Morgan fingerprint density at radius 3 is 2.78 bits per heavy atom. The van der Waals surface area contributed by atoms with Crippen LogP contribution >= 0.6 is 0 Å². The number of hydrogen-bond acceptors (Lipinski definition) is 4. The number of rotatable bonds is 4. The number of halogens is 2. The average Bonchev–Trinajstić information content (AvgIpc) is 2.84. The van der Waals surface area contributed by atoms with E-state index in [0.717, 1.165) is 17.1 Å². The van der Waals surface area contributed by atoms with Crippen molar-refractivity contribution in [3.8, 4) is 5.75 Å². The van der Waals surface area contributed by atoms with Gasteiger partial charge in [0, 0.05) is 37.7 Å². The van der Waals surface area contributed by atoms with Crippen LogP contribution in [0.15, 0.2) is 42.6 Å². The summed E-state index contributed by atoms with van der Waals surface area (Å²) < 4.78 is 32.0. The van der Waals surface area contributed by atoms with Crippen LogP contribution in [0, 0.1) is 0 Å². The number of urea groups is 1. The van der Waals surface area contributed by atoms with E-state index in [0.29, 0.717) is 12.4 Å². The molecular formula is C19H22F2N4O2. The van der Waals surface area contributed by atoms with E-state index in [1.54, 1.807) is 25.4 Å². The van der Waals surface area contributed by atoms with Crippen molar-refractivity contribution in [1.29, 1.82) is 0 Å². The summed E-state index contributed by atoms with van der Waals surface area (Å²) in [5.74, 6) is -1.59. The molecule has 2 N–H and O–H groups in total. The zero-order valence-corrected chi connectivity index (χ0v) is 15.0. The standard InChI is InChI=1S/C19H22F2N4O2/c1-27-16-5-2-4-14(12-16)23-15-6-7-17(22-13-15)24-18(26)25-10-3-8-19(20,21)9-11-25/h2,4-7,12-13,23H,3,8-11H2,1H3,(H,22,24,26). The van der Waals surface area contributed by atoms with Crippen molar-refractivity contribution < 1.29 is 18.3 Å². The van der Waals surface area contributed by atoms with Gasteiger partial charge in [-0.2, -0.15) is 0 Å². The monoisotopic (exact) mass is 376 g/mol. The van der Waals surface area contributed by atoms with E-state index in [4.69, 9.17) is 4.74 Å². The van der Waals surface area contributed by atoms with Gasteiger partial charge in [0.2, 0.25) is 5.92 Å². The second kappa shape index (κ2) is 8.20. The van der Waals surface area contributed by atoms with Gasteiger partial charge >= 0.3 is 6.03 Å². The minimum absolute atomic E-state index is 0.0360. The fourth-order valence-electron chi connectivity index (χ4n) is 2.86. The maximum atomic E-state index is 13.4. The molecule has 2 aromatic rings. The normalized spacial score (nSPS) is 16.3. The SMILES string of the molecule is COc1cccc(Nc2ccc(NC(=O)N3CCCC(F)(F)CC3)nc2)c1. The Hall–Kier alpha value is -2.90. The number of likely N-dealkylation sites (tertiary alicyclic amines) is 1. The number of benzene rings is 1. The fourth-order valence-corrected chi connectivity index (χ4v) is 2.86. The molecule has 6 nitrogen and oxygen atoms in total. The summed E-state index contributed by atoms with van der Waals surface area (Å²) in [4.78, 5) is 17.9.